The molecule has 0 aliphatic heterocycles. The summed E-state index contributed by atoms with van der Waals surface area (Å²) >= 11 is 5.02. The van der Waals surface area contributed by atoms with Gasteiger partial charge in [-0.3, -0.25) is 0 Å². The SMILES string of the molecule is COCCNCc1coc(-c2ccc(Br)s2)n1. The summed E-state index contributed by atoms with van der Waals surface area (Å²) in [6, 6.07) is 3.98. The van der Waals surface area contributed by atoms with Crippen LogP contribution in [-0.4, -0.2) is 25.2 Å². The van der Waals surface area contributed by atoms with E-state index in [4.69, 9.17) is 9.15 Å². The van der Waals surface area contributed by atoms with E-state index in [0.717, 1.165) is 20.9 Å². The van der Waals surface area contributed by atoms with Crippen molar-refractivity contribution in [1.29, 1.82) is 0 Å². The van der Waals surface area contributed by atoms with Crippen molar-refractivity contribution in [3.05, 3.63) is 27.9 Å². The number of halogens is 1. The standard InChI is InChI=1S/C11H13BrN2O2S/c1-15-5-4-13-6-8-7-16-11(14-8)9-2-3-10(12)17-9/h2-3,7,13H,4-6H2,1H3. The summed E-state index contributed by atoms with van der Waals surface area (Å²) in [7, 11) is 1.69. The Hall–Kier alpha value is -0.690. The van der Waals surface area contributed by atoms with Gasteiger partial charge in [0, 0.05) is 20.2 Å². The third kappa shape index (κ3) is 3.64. The van der Waals surface area contributed by atoms with Gasteiger partial charge in [-0.25, -0.2) is 4.98 Å². The van der Waals surface area contributed by atoms with Gasteiger partial charge in [-0.2, -0.15) is 0 Å². The van der Waals surface area contributed by atoms with Gasteiger partial charge in [-0.05, 0) is 28.1 Å². The molecule has 17 heavy (non-hydrogen) atoms. The summed E-state index contributed by atoms with van der Waals surface area (Å²) in [6.07, 6.45) is 1.68. The Morgan fingerprint density at radius 1 is 1.53 bits per heavy atom. The van der Waals surface area contributed by atoms with E-state index in [-0.39, 0.29) is 0 Å². The summed E-state index contributed by atoms with van der Waals surface area (Å²) in [4.78, 5) is 5.44. The molecule has 1 N–H and O–H groups in total. The second-order valence-electron chi connectivity index (χ2n) is 3.42. The first kappa shape index (κ1) is 12.8. The first-order chi connectivity index (χ1) is 8.29. The van der Waals surface area contributed by atoms with E-state index in [0.29, 0.717) is 19.0 Å². The van der Waals surface area contributed by atoms with Crippen LogP contribution in [0, 0.1) is 0 Å². The lowest BCUT2D eigenvalue weighted by atomic mass is 10.4. The van der Waals surface area contributed by atoms with Crippen molar-refractivity contribution in [2.24, 2.45) is 0 Å². The van der Waals surface area contributed by atoms with Crippen LogP contribution >= 0.6 is 27.3 Å². The smallest absolute Gasteiger partial charge is 0.236 e. The number of nitrogens with zero attached hydrogens (tertiary/aromatic N) is 1. The Morgan fingerprint density at radius 2 is 2.41 bits per heavy atom. The highest BCUT2D eigenvalue weighted by molar-refractivity contribution is 9.11. The van der Waals surface area contributed by atoms with E-state index >= 15 is 0 Å². The Morgan fingerprint density at radius 3 is 3.12 bits per heavy atom. The minimum Gasteiger partial charge on any atom is -0.444 e. The van der Waals surface area contributed by atoms with Gasteiger partial charge in [0.2, 0.25) is 5.89 Å². The lowest BCUT2D eigenvalue weighted by Crippen LogP contribution is -2.18. The van der Waals surface area contributed by atoms with Crippen molar-refractivity contribution in [3.63, 3.8) is 0 Å². The quantitative estimate of drug-likeness (QED) is 0.832. The van der Waals surface area contributed by atoms with Crippen LogP contribution in [0.4, 0.5) is 0 Å². The lowest BCUT2D eigenvalue weighted by Gasteiger charge is -1.99. The maximum absolute atomic E-state index is 5.43. The van der Waals surface area contributed by atoms with Gasteiger partial charge in [-0.1, -0.05) is 0 Å². The molecular weight excluding hydrogens is 304 g/mol. The molecule has 2 aromatic rings. The Labute approximate surface area is 112 Å². The molecule has 0 bridgehead atoms. The summed E-state index contributed by atoms with van der Waals surface area (Å²) in [5.41, 5.74) is 0.903. The Bertz CT molecular complexity index is 469. The fourth-order valence-electron chi connectivity index (χ4n) is 1.32. The second-order valence-corrected chi connectivity index (χ2v) is 5.88. The molecule has 0 spiro atoms. The minimum absolute atomic E-state index is 0.671. The van der Waals surface area contributed by atoms with E-state index in [1.807, 2.05) is 12.1 Å². The van der Waals surface area contributed by atoms with Crippen LogP contribution < -0.4 is 5.32 Å². The van der Waals surface area contributed by atoms with E-state index in [9.17, 15) is 0 Å². The maximum atomic E-state index is 5.43. The summed E-state index contributed by atoms with van der Waals surface area (Å²) in [5.74, 6) is 0.671. The van der Waals surface area contributed by atoms with Crippen molar-refractivity contribution >= 4 is 27.3 Å². The number of nitrogens with one attached hydrogen (secondary N) is 1. The number of thiophene rings is 1. The van der Waals surface area contributed by atoms with Crippen molar-refractivity contribution in [2.45, 2.75) is 6.54 Å². The zero-order chi connectivity index (χ0) is 12.1. The molecule has 2 aromatic heterocycles. The molecule has 0 unspecified atom stereocenters. The van der Waals surface area contributed by atoms with Crippen LogP contribution in [-0.2, 0) is 11.3 Å². The van der Waals surface area contributed by atoms with E-state index in [1.54, 1.807) is 24.7 Å². The molecule has 0 aromatic carbocycles. The van der Waals surface area contributed by atoms with Gasteiger partial charge in [0.05, 0.1) is 21.0 Å². The molecule has 6 heteroatoms. The number of rotatable bonds is 6. The van der Waals surface area contributed by atoms with E-state index < -0.39 is 0 Å². The normalized spacial score (nSPS) is 10.9. The first-order valence-electron chi connectivity index (χ1n) is 5.19. The fourth-order valence-corrected chi connectivity index (χ4v) is 2.64. The summed E-state index contributed by atoms with van der Waals surface area (Å²) < 4.78 is 11.4. The first-order valence-corrected chi connectivity index (χ1v) is 6.80. The Kier molecular flexibility index (Phi) is 4.73. The molecule has 92 valence electrons. The van der Waals surface area contributed by atoms with Gasteiger partial charge >= 0.3 is 0 Å². The topological polar surface area (TPSA) is 47.3 Å². The average Bonchev–Trinajstić information content (AvgIpc) is 2.93. The molecule has 2 heterocycles. The van der Waals surface area contributed by atoms with E-state index in [1.165, 1.54) is 0 Å². The molecule has 2 rings (SSSR count). The molecule has 4 nitrogen and oxygen atoms in total. The van der Waals surface area contributed by atoms with Crippen molar-refractivity contribution in [3.8, 4) is 10.8 Å². The molecule has 0 fully saturated rings. The zero-order valence-electron chi connectivity index (χ0n) is 9.40. The predicted molar refractivity (Wildman–Crippen MR) is 71.1 cm³/mol. The number of oxazole rings is 1. The third-order valence-corrected chi connectivity index (χ3v) is 3.74. The van der Waals surface area contributed by atoms with E-state index in [2.05, 4.69) is 26.2 Å². The highest BCUT2D eigenvalue weighted by Gasteiger charge is 2.08. The van der Waals surface area contributed by atoms with Gasteiger partial charge in [0.25, 0.3) is 0 Å². The average molecular weight is 317 g/mol. The van der Waals surface area contributed by atoms with Gasteiger partial charge in [0.1, 0.15) is 6.26 Å². The van der Waals surface area contributed by atoms with Crippen LogP contribution in [0.2, 0.25) is 0 Å². The molecule has 0 radical (unpaired) electrons. The summed E-state index contributed by atoms with van der Waals surface area (Å²) in [5, 5.41) is 3.22. The van der Waals surface area contributed by atoms with Crippen LogP contribution in [0.15, 0.2) is 26.6 Å². The molecule has 0 atom stereocenters. The van der Waals surface area contributed by atoms with Gasteiger partial charge < -0.3 is 14.5 Å². The third-order valence-electron chi connectivity index (χ3n) is 2.12. The van der Waals surface area contributed by atoms with Crippen molar-refractivity contribution in [1.82, 2.24) is 10.3 Å². The molecule has 0 amide bonds. The summed E-state index contributed by atoms with van der Waals surface area (Å²) in [6.45, 7) is 2.20. The molecule has 0 saturated heterocycles. The van der Waals surface area contributed by atoms with Crippen molar-refractivity contribution in [2.75, 3.05) is 20.3 Å². The number of methoxy groups -OCH3 is 1. The molecule has 0 saturated carbocycles. The molecule has 0 aliphatic rings. The van der Waals surface area contributed by atoms with Gasteiger partial charge in [-0.15, -0.1) is 11.3 Å². The number of aromatic nitrogens is 1. The highest BCUT2D eigenvalue weighted by atomic mass is 79.9. The van der Waals surface area contributed by atoms with Crippen molar-refractivity contribution < 1.29 is 9.15 Å². The number of ether oxygens (including phenoxy) is 1. The second kappa shape index (κ2) is 6.30. The minimum atomic E-state index is 0.671. The zero-order valence-corrected chi connectivity index (χ0v) is 11.8. The van der Waals surface area contributed by atoms with Crippen LogP contribution in [0.3, 0.4) is 0 Å². The predicted octanol–water partition coefficient (Wildman–Crippen LogP) is 2.90. The van der Waals surface area contributed by atoms with Crippen LogP contribution in [0.5, 0.6) is 0 Å². The van der Waals surface area contributed by atoms with Crippen LogP contribution in [0.1, 0.15) is 5.69 Å². The highest BCUT2D eigenvalue weighted by Crippen LogP contribution is 2.30. The number of hydrogen-bond donors (Lipinski definition) is 1. The fraction of sp³-hybridized carbons (Fsp3) is 0.364. The largest absolute Gasteiger partial charge is 0.444 e. The molecule has 0 aliphatic carbocycles. The Balaban J connectivity index is 1.92. The molecular formula is C11H13BrN2O2S. The maximum Gasteiger partial charge on any atom is 0.236 e. The monoisotopic (exact) mass is 316 g/mol. The lowest BCUT2D eigenvalue weighted by molar-refractivity contribution is 0.199. The van der Waals surface area contributed by atoms with Crippen LogP contribution in [0.25, 0.3) is 10.8 Å². The number of hydrogen-bond acceptors (Lipinski definition) is 5. The van der Waals surface area contributed by atoms with Gasteiger partial charge in [0.15, 0.2) is 0 Å².